The molecule has 0 saturated carbocycles. The number of rotatable bonds is 5. The molecule has 0 aliphatic carbocycles. The molecular formula is C14H28N2O. The van der Waals surface area contributed by atoms with Crippen LogP contribution in [-0.4, -0.2) is 30.1 Å². The molecule has 1 aliphatic heterocycles. The van der Waals surface area contributed by atoms with E-state index in [0.717, 1.165) is 38.3 Å². The summed E-state index contributed by atoms with van der Waals surface area (Å²) in [6, 6.07) is 0.620. The van der Waals surface area contributed by atoms with Gasteiger partial charge in [-0.2, -0.15) is 0 Å². The van der Waals surface area contributed by atoms with Gasteiger partial charge in [0, 0.05) is 19.1 Å². The summed E-state index contributed by atoms with van der Waals surface area (Å²) in [5.41, 5.74) is 0. The maximum absolute atomic E-state index is 12.0. The molecular weight excluding hydrogens is 212 g/mol. The van der Waals surface area contributed by atoms with Crippen molar-refractivity contribution in [2.75, 3.05) is 13.1 Å². The van der Waals surface area contributed by atoms with Crippen molar-refractivity contribution in [2.24, 2.45) is 5.92 Å². The van der Waals surface area contributed by atoms with E-state index in [0.29, 0.717) is 6.04 Å². The lowest BCUT2D eigenvalue weighted by Crippen LogP contribution is -2.48. The molecule has 1 N–H and O–H groups in total. The van der Waals surface area contributed by atoms with Gasteiger partial charge >= 0.3 is 6.03 Å². The SMILES string of the molecule is CCC1CCCCN1C(=O)NCCCC(C)C. The largest absolute Gasteiger partial charge is 0.338 e. The number of nitrogens with zero attached hydrogens (tertiary/aromatic N) is 1. The number of carbonyl (C=O) groups is 1. The predicted molar refractivity (Wildman–Crippen MR) is 72.1 cm³/mol. The Morgan fingerprint density at radius 3 is 2.82 bits per heavy atom. The number of piperidine rings is 1. The minimum absolute atomic E-state index is 0.153. The van der Waals surface area contributed by atoms with Gasteiger partial charge in [0.15, 0.2) is 0 Å². The van der Waals surface area contributed by atoms with E-state index in [1.54, 1.807) is 0 Å². The fraction of sp³-hybridized carbons (Fsp3) is 0.929. The van der Waals surface area contributed by atoms with E-state index in [4.69, 9.17) is 0 Å². The van der Waals surface area contributed by atoms with Crippen LogP contribution in [0.25, 0.3) is 0 Å². The summed E-state index contributed by atoms with van der Waals surface area (Å²) in [6.45, 7) is 8.38. The number of nitrogens with one attached hydrogen (secondary N) is 1. The standard InChI is InChI=1S/C14H28N2O/c1-4-13-9-5-6-11-16(13)14(17)15-10-7-8-12(2)3/h12-13H,4-11H2,1-3H3,(H,15,17). The van der Waals surface area contributed by atoms with Gasteiger partial charge in [0.05, 0.1) is 0 Å². The van der Waals surface area contributed by atoms with Crippen LogP contribution < -0.4 is 5.32 Å². The summed E-state index contributed by atoms with van der Waals surface area (Å²) in [5, 5.41) is 3.06. The number of amides is 2. The van der Waals surface area contributed by atoms with E-state index in [1.165, 1.54) is 19.3 Å². The Kier molecular flexibility index (Phi) is 6.38. The highest BCUT2D eigenvalue weighted by molar-refractivity contribution is 5.74. The zero-order valence-corrected chi connectivity index (χ0v) is 11.7. The Balaban J connectivity index is 2.25. The van der Waals surface area contributed by atoms with Gasteiger partial charge in [-0.25, -0.2) is 4.79 Å². The molecule has 1 fully saturated rings. The molecule has 1 saturated heterocycles. The first-order chi connectivity index (χ1) is 8.15. The second-order valence-corrected chi connectivity index (χ2v) is 5.52. The van der Waals surface area contributed by atoms with Gasteiger partial charge in [-0.15, -0.1) is 0 Å². The van der Waals surface area contributed by atoms with Crippen LogP contribution in [0.1, 0.15) is 59.3 Å². The molecule has 1 heterocycles. The highest BCUT2D eigenvalue weighted by Gasteiger charge is 2.24. The van der Waals surface area contributed by atoms with Crippen molar-refractivity contribution in [1.82, 2.24) is 10.2 Å². The van der Waals surface area contributed by atoms with Crippen molar-refractivity contribution >= 4 is 6.03 Å². The maximum atomic E-state index is 12.0. The summed E-state index contributed by atoms with van der Waals surface area (Å²) < 4.78 is 0. The number of carbonyl (C=O) groups excluding carboxylic acids is 1. The van der Waals surface area contributed by atoms with Crippen molar-refractivity contribution in [1.29, 1.82) is 0 Å². The molecule has 100 valence electrons. The topological polar surface area (TPSA) is 32.3 Å². The lowest BCUT2D eigenvalue weighted by atomic mass is 10.0. The average molecular weight is 240 g/mol. The van der Waals surface area contributed by atoms with Gasteiger partial charge < -0.3 is 10.2 Å². The van der Waals surface area contributed by atoms with E-state index in [9.17, 15) is 4.79 Å². The lowest BCUT2D eigenvalue weighted by molar-refractivity contribution is 0.148. The second-order valence-electron chi connectivity index (χ2n) is 5.52. The normalized spacial score (nSPS) is 20.7. The second kappa shape index (κ2) is 7.57. The van der Waals surface area contributed by atoms with Gasteiger partial charge in [-0.05, 0) is 44.4 Å². The van der Waals surface area contributed by atoms with Gasteiger partial charge in [-0.1, -0.05) is 20.8 Å². The van der Waals surface area contributed by atoms with Crippen molar-refractivity contribution < 1.29 is 4.79 Å². The lowest BCUT2D eigenvalue weighted by Gasteiger charge is -2.35. The fourth-order valence-electron chi connectivity index (χ4n) is 2.50. The minimum atomic E-state index is 0.153. The number of likely N-dealkylation sites (tertiary alicyclic amines) is 1. The molecule has 0 spiro atoms. The first-order valence-electron chi connectivity index (χ1n) is 7.19. The molecule has 0 aromatic rings. The Hall–Kier alpha value is -0.730. The zero-order chi connectivity index (χ0) is 12.7. The smallest absolute Gasteiger partial charge is 0.317 e. The molecule has 17 heavy (non-hydrogen) atoms. The number of urea groups is 1. The molecule has 3 heteroatoms. The monoisotopic (exact) mass is 240 g/mol. The number of hydrogen-bond donors (Lipinski definition) is 1. The molecule has 0 aromatic heterocycles. The Bertz CT molecular complexity index is 228. The van der Waals surface area contributed by atoms with E-state index in [2.05, 4.69) is 26.1 Å². The van der Waals surface area contributed by atoms with Crippen LogP contribution in [0.3, 0.4) is 0 Å². The number of hydrogen-bond acceptors (Lipinski definition) is 1. The molecule has 1 rings (SSSR count). The molecule has 1 atom stereocenters. The third-order valence-corrected chi connectivity index (χ3v) is 3.59. The highest BCUT2D eigenvalue weighted by atomic mass is 16.2. The van der Waals surface area contributed by atoms with E-state index < -0.39 is 0 Å². The van der Waals surface area contributed by atoms with Crippen LogP contribution in [0.15, 0.2) is 0 Å². The molecule has 3 nitrogen and oxygen atoms in total. The van der Waals surface area contributed by atoms with Crippen LogP contribution in [0.4, 0.5) is 4.79 Å². The van der Waals surface area contributed by atoms with Crippen molar-refractivity contribution in [2.45, 2.75) is 65.3 Å². The Morgan fingerprint density at radius 1 is 1.41 bits per heavy atom. The average Bonchev–Trinajstić information content (AvgIpc) is 2.34. The quantitative estimate of drug-likeness (QED) is 0.734. The fourth-order valence-corrected chi connectivity index (χ4v) is 2.50. The van der Waals surface area contributed by atoms with E-state index >= 15 is 0 Å². The third kappa shape index (κ3) is 4.97. The summed E-state index contributed by atoms with van der Waals surface area (Å²) in [4.78, 5) is 14.1. The van der Waals surface area contributed by atoms with Crippen LogP contribution in [0, 0.1) is 5.92 Å². The molecule has 0 aromatic carbocycles. The van der Waals surface area contributed by atoms with Gasteiger partial charge in [0.2, 0.25) is 0 Å². The minimum Gasteiger partial charge on any atom is -0.338 e. The Morgan fingerprint density at radius 2 is 2.18 bits per heavy atom. The van der Waals surface area contributed by atoms with Crippen LogP contribution in [0.5, 0.6) is 0 Å². The molecule has 1 unspecified atom stereocenters. The van der Waals surface area contributed by atoms with Crippen LogP contribution in [-0.2, 0) is 0 Å². The summed E-state index contributed by atoms with van der Waals surface area (Å²) in [7, 11) is 0. The maximum Gasteiger partial charge on any atom is 0.317 e. The zero-order valence-electron chi connectivity index (χ0n) is 11.7. The van der Waals surface area contributed by atoms with Crippen LogP contribution >= 0.6 is 0 Å². The van der Waals surface area contributed by atoms with Gasteiger partial charge in [-0.3, -0.25) is 0 Å². The van der Waals surface area contributed by atoms with Crippen molar-refractivity contribution in [3.05, 3.63) is 0 Å². The summed E-state index contributed by atoms with van der Waals surface area (Å²) in [5.74, 6) is 0.727. The third-order valence-electron chi connectivity index (χ3n) is 3.59. The molecule has 2 amide bonds. The first-order valence-corrected chi connectivity index (χ1v) is 7.19. The predicted octanol–water partition coefficient (Wildman–Crippen LogP) is 3.40. The van der Waals surface area contributed by atoms with Gasteiger partial charge in [0.1, 0.15) is 0 Å². The molecule has 0 radical (unpaired) electrons. The summed E-state index contributed by atoms with van der Waals surface area (Å²) >= 11 is 0. The van der Waals surface area contributed by atoms with Gasteiger partial charge in [0.25, 0.3) is 0 Å². The first kappa shape index (κ1) is 14.3. The van der Waals surface area contributed by atoms with Crippen LogP contribution in [0.2, 0.25) is 0 Å². The highest BCUT2D eigenvalue weighted by Crippen LogP contribution is 2.19. The summed E-state index contributed by atoms with van der Waals surface area (Å²) in [6.07, 6.45) is 6.98. The van der Waals surface area contributed by atoms with Crippen molar-refractivity contribution in [3.8, 4) is 0 Å². The van der Waals surface area contributed by atoms with Crippen molar-refractivity contribution in [3.63, 3.8) is 0 Å². The molecule has 0 bridgehead atoms. The van der Waals surface area contributed by atoms with E-state index in [1.807, 2.05) is 4.90 Å². The molecule has 1 aliphatic rings. The van der Waals surface area contributed by atoms with E-state index in [-0.39, 0.29) is 6.03 Å². The Labute approximate surface area is 106 Å².